The van der Waals surface area contributed by atoms with Gasteiger partial charge in [0.1, 0.15) is 0 Å². The van der Waals surface area contributed by atoms with Crippen LogP contribution in [0.5, 0.6) is 0 Å². The van der Waals surface area contributed by atoms with Crippen LogP contribution in [-0.2, 0) is 5.41 Å². The van der Waals surface area contributed by atoms with Gasteiger partial charge in [-0.2, -0.15) is 0 Å². The van der Waals surface area contributed by atoms with E-state index in [2.05, 4.69) is 183 Å². The van der Waals surface area contributed by atoms with Crippen molar-refractivity contribution < 1.29 is 0 Å². The molecule has 0 amide bonds. The average Bonchev–Trinajstić information content (AvgIpc) is 3.64. The van der Waals surface area contributed by atoms with Gasteiger partial charge < -0.3 is 4.90 Å². The van der Waals surface area contributed by atoms with E-state index >= 15 is 0 Å². The number of thiophene rings is 1. The van der Waals surface area contributed by atoms with Crippen LogP contribution in [0.15, 0.2) is 164 Å². The van der Waals surface area contributed by atoms with Crippen molar-refractivity contribution in [2.24, 2.45) is 0 Å². The molecule has 0 aliphatic heterocycles. The maximum Gasteiger partial charge on any atom is 0.0468 e. The number of anilines is 3. The Morgan fingerprint density at radius 1 is 0.449 bits per heavy atom. The summed E-state index contributed by atoms with van der Waals surface area (Å²) in [7, 11) is 0. The highest BCUT2D eigenvalue weighted by atomic mass is 32.1. The summed E-state index contributed by atoms with van der Waals surface area (Å²) < 4.78 is 2.70. The first-order valence-corrected chi connectivity index (χ1v) is 17.8. The van der Waals surface area contributed by atoms with E-state index in [1.807, 2.05) is 11.3 Å². The topological polar surface area (TPSA) is 3.24 Å². The van der Waals surface area contributed by atoms with Crippen molar-refractivity contribution in [1.29, 1.82) is 0 Å². The number of benzene rings is 8. The summed E-state index contributed by atoms with van der Waals surface area (Å²) in [4.78, 5) is 2.43. The molecule has 1 nitrogen and oxygen atoms in total. The molecule has 0 bridgehead atoms. The minimum Gasteiger partial charge on any atom is -0.310 e. The predicted octanol–water partition coefficient (Wildman–Crippen LogP) is 13.8. The van der Waals surface area contributed by atoms with Crippen LogP contribution in [0.25, 0.3) is 64.0 Å². The number of rotatable bonds is 4. The van der Waals surface area contributed by atoms with E-state index in [9.17, 15) is 0 Å². The molecule has 0 saturated heterocycles. The Bertz CT molecular complexity index is 2730. The summed E-state index contributed by atoms with van der Waals surface area (Å²) in [5.74, 6) is 0. The van der Waals surface area contributed by atoms with E-state index in [4.69, 9.17) is 0 Å². The molecule has 0 atom stereocenters. The Morgan fingerprint density at radius 2 is 1.08 bits per heavy atom. The molecular weight excluding hydrogens is 611 g/mol. The Labute approximate surface area is 290 Å². The van der Waals surface area contributed by atoms with E-state index in [1.165, 1.54) is 80.8 Å². The van der Waals surface area contributed by atoms with E-state index in [-0.39, 0.29) is 5.41 Å². The summed E-state index contributed by atoms with van der Waals surface area (Å²) in [6, 6.07) is 60.6. The lowest BCUT2D eigenvalue weighted by atomic mass is 9.82. The van der Waals surface area contributed by atoms with Crippen molar-refractivity contribution >= 4 is 70.1 Å². The lowest BCUT2D eigenvalue weighted by Gasteiger charge is -2.28. The Morgan fingerprint density at radius 3 is 1.96 bits per heavy atom. The molecule has 232 valence electrons. The SMILES string of the molecule is CC1(C)c2ccccc2-c2ccc(N(c3ccc(-c4ccccc4)cc3)c3ccc4c(ccc5ccc6c7ccccc7sc6c54)c3)cc21. The number of hydrogen-bond donors (Lipinski definition) is 0. The molecule has 9 aromatic rings. The first kappa shape index (κ1) is 28.3. The minimum atomic E-state index is -0.0807. The van der Waals surface area contributed by atoms with Gasteiger partial charge in [0.15, 0.2) is 0 Å². The predicted molar refractivity (Wildman–Crippen MR) is 212 cm³/mol. The monoisotopic (exact) mass is 643 g/mol. The Kier molecular flexibility index (Phi) is 6.16. The zero-order valence-electron chi connectivity index (χ0n) is 27.4. The van der Waals surface area contributed by atoms with Crippen LogP contribution < -0.4 is 4.90 Å². The molecule has 0 unspecified atom stereocenters. The van der Waals surface area contributed by atoms with Crippen LogP contribution in [0.1, 0.15) is 25.0 Å². The third-order valence-electron chi connectivity index (χ3n) is 10.6. The lowest BCUT2D eigenvalue weighted by molar-refractivity contribution is 0.660. The van der Waals surface area contributed by atoms with Gasteiger partial charge in [-0.05, 0) is 92.0 Å². The highest BCUT2D eigenvalue weighted by molar-refractivity contribution is 7.26. The fourth-order valence-corrected chi connectivity index (χ4v) is 9.44. The van der Waals surface area contributed by atoms with Crippen molar-refractivity contribution in [3.63, 3.8) is 0 Å². The van der Waals surface area contributed by atoms with Gasteiger partial charge in [0.05, 0.1) is 0 Å². The summed E-state index contributed by atoms with van der Waals surface area (Å²) >= 11 is 1.91. The maximum absolute atomic E-state index is 2.43. The van der Waals surface area contributed by atoms with E-state index < -0.39 is 0 Å². The molecule has 1 aliphatic rings. The largest absolute Gasteiger partial charge is 0.310 e. The van der Waals surface area contributed by atoms with Gasteiger partial charge in [0.2, 0.25) is 0 Å². The van der Waals surface area contributed by atoms with Crippen LogP contribution >= 0.6 is 11.3 Å². The molecule has 10 rings (SSSR count). The second-order valence-corrected chi connectivity index (χ2v) is 14.8. The molecule has 2 heteroatoms. The van der Waals surface area contributed by atoms with Gasteiger partial charge in [-0.3, -0.25) is 0 Å². The van der Waals surface area contributed by atoms with Crippen molar-refractivity contribution in [1.82, 2.24) is 0 Å². The first-order valence-electron chi connectivity index (χ1n) is 17.0. The van der Waals surface area contributed by atoms with Crippen LogP contribution in [-0.4, -0.2) is 0 Å². The van der Waals surface area contributed by atoms with Crippen LogP contribution in [0.3, 0.4) is 0 Å². The zero-order chi connectivity index (χ0) is 32.7. The fraction of sp³-hybridized carbons (Fsp3) is 0.0638. The first-order chi connectivity index (χ1) is 24.0. The van der Waals surface area contributed by atoms with Gasteiger partial charge in [0, 0.05) is 48.0 Å². The molecule has 0 spiro atoms. The highest BCUT2D eigenvalue weighted by Gasteiger charge is 2.35. The molecule has 8 aromatic carbocycles. The van der Waals surface area contributed by atoms with E-state index in [1.54, 1.807) is 0 Å². The summed E-state index contributed by atoms with van der Waals surface area (Å²) in [6.07, 6.45) is 0. The van der Waals surface area contributed by atoms with Gasteiger partial charge in [-0.15, -0.1) is 11.3 Å². The van der Waals surface area contributed by atoms with Crippen molar-refractivity contribution in [2.75, 3.05) is 4.90 Å². The van der Waals surface area contributed by atoms with Crippen LogP contribution in [0.2, 0.25) is 0 Å². The molecule has 1 aliphatic carbocycles. The molecular formula is C47H33NS. The van der Waals surface area contributed by atoms with E-state index in [0.29, 0.717) is 0 Å². The number of hydrogen-bond acceptors (Lipinski definition) is 2. The minimum absolute atomic E-state index is 0.0807. The van der Waals surface area contributed by atoms with Gasteiger partial charge >= 0.3 is 0 Å². The lowest BCUT2D eigenvalue weighted by Crippen LogP contribution is -2.16. The maximum atomic E-state index is 2.43. The average molecular weight is 644 g/mol. The third kappa shape index (κ3) is 4.31. The molecule has 0 fully saturated rings. The third-order valence-corrected chi connectivity index (χ3v) is 11.8. The van der Waals surface area contributed by atoms with Crippen LogP contribution in [0, 0.1) is 0 Å². The number of nitrogens with zero attached hydrogens (tertiary/aromatic N) is 1. The Hall–Kier alpha value is -5.70. The van der Waals surface area contributed by atoms with Crippen molar-refractivity contribution in [3.05, 3.63) is 175 Å². The van der Waals surface area contributed by atoms with Crippen molar-refractivity contribution in [3.8, 4) is 22.3 Å². The molecule has 49 heavy (non-hydrogen) atoms. The molecule has 0 saturated carbocycles. The smallest absolute Gasteiger partial charge is 0.0468 e. The molecule has 1 heterocycles. The number of fused-ring (bicyclic) bond motifs is 10. The van der Waals surface area contributed by atoms with Gasteiger partial charge in [-0.1, -0.05) is 135 Å². The quantitative estimate of drug-likeness (QED) is 0.173. The highest BCUT2D eigenvalue weighted by Crippen LogP contribution is 2.51. The molecule has 0 N–H and O–H groups in total. The summed E-state index contributed by atoms with van der Waals surface area (Å²) in [5, 5.41) is 7.85. The van der Waals surface area contributed by atoms with E-state index in [0.717, 1.165) is 11.4 Å². The second kappa shape index (κ2) is 10.7. The van der Waals surface area contributed by atoms with Crippen LogP contribution in [0.4, 0.5) is 17.1 Å². The second-order valence-electron chi connectivity index (χ2n) is 13.8. The van der Waals surface area contributed by atoms with Gasteiger partial charge in [0.25, 0.3) is 0 Å². The molecule has 0 radical (unpaired) electrons. The summed E-state index contributed by atoms with van der Waals surface area (Å²) in [6.45, 7) is 4.71. The standard InChI is InChI=1S/C47H33NS/c1-47(2)42-14-8-6-12-38(42)39-27-24-36(29-43(39)47)48(34-21-18-31(19-22-34)30-10-4-3-5-11-30)35-23-26-37-33(28-35)17-16-32-20-25-41-40-13-7-9-15-44(40)49-46(41)45(32)37/h3-29H,1-2H3. The molecule has 1 aromatic heterocycles. The summed E-state index contributed by atoms with van der Waals surface area (Å²) in [5.41, 5.74) is 11.3. The Balaban J connectivity index is 1.17. The van der Waals surface area contributed by atoms with Gasteiger partial charge in [-0.25, -0.2) is 0 Å². The normalized spacial score (nSPS) is 13.3. The van der Waals surface area contributed by atoms with Crippen molar-refractivity contribution in [2.45, 2.75) is 19.3 Å². The fourth-order valence-electron chi connectivity index (χ4n) is 8.17. The zero-order valence-corrected chi connectivity index (χ0v) is 28.3.